The van der Waals surface area contributed by atoms with Crippen molar-refractivity contribution in [3.05, 3.63) is 0 Å². The fraction of sp³-hybridized carbons (Fsp3) is 0.923. The summed E-state index contributed by atoms with van der Waals surface area (Å²) in [6.07, 6.45) is -9.40. The molecule has 0 spiro atoms. The second-order valence-electron chi connectivity index (χ2n) is 5.37. The van der Waals surface area contributed by atoms with Gasteiger partial charge in [0.15, 0.2) is 0 Å². The quantitative estimate of drug-likeness (QED) is 0.459. The maximum atomic E-state index is 13.0. The van der Waals surface area contributed by atoms with E-state index in [1.807, 2.05) is 0 Å². The monoisotopic (exact) mass is 348 g/mol. The molecule has 0 saturated heterocycles. The largest absolute Gasteiger partial charge is 0.452 e. The molecule has 0 radical (unpaired) electrons. The second-order valence-corrected chi connectivity index (χ2v) is 7.38. The van der Waals surface area contributed by atoms with Crippen LogP contribution in [0.1, 0.15) is 47.5 Å². The van der Waals surface area contributed by atoms with Crippen LogP contribution in [-0.2, 0) is 23.1 Å². The van der Waals surface area contributed by atoms with Crippen molar-refractivity contribution >= 4 is 13.6 Å². The molecule has 132 valence electrons. The number of hydrogen-bond donors (Lipinski definition) is 0. The molecule has 22 heavy (non-hydrogen) atoms. The molecule has 0 aliphatic carbocycles. The SMILES string of the molecule is CCCC(=O)O[C@H](CP(=O)(OC(C)C)OC(C)C)C(F)(F)F. The van der Waals surface area contributed by atoms with Gasteiger partial charge in [-0.2, -0.15) is 13.2 Å². The van der Waals surface area contributed by atoms with Crippen LogP contribution in [-0.4, -0.2) is 36.6 Å². The Morgan fingerprint density at radius 3 is 1.86 bits per heavy atom. The third-order valence-electron chi connectivity index (χ3n) is 2.23. The number of rotatable bonds is 9. The summed E-state index contributed by atoms with van der Waals surface area (Å²) in [5.41, 5.74) is 0. The van der Waals surface area contributed by atoms with Crippen LogP contribution in [0.4, 0.5) is 13.2 Å². The summed E-state index contributed by atoms with van der Waals surface area (Å²) < 4.78 is 66.1. The third-order valence-corrected chi connectivity index (χ3v) is 4.49. The van der Waals surface area contributed by atoms with Crippen LogP contribution in [0, 0.1) is 0 Å². The zero-order chi connectivity index (χ0) is 17.6. The van der Waals surface area contributed by atoms with Gasteiger partial charge in [-0.3, -0.25) is 9.36 Å². The first-order chi connectivity index (χ1) is 9.89. The van der Waals surface area contributed by atoms with Gasteiger partial charge in [0, 0.05) is 6.42 Å². The van der Waals surface area contributed by atoms with Crippen LogP contribution in [0.3, 0.4) is 0 Å². The number of hydrogen-bond acceptors (Lipinski definition) is 5. The van der Waals surface area contributed by atoms with Gasteiger partial charge in [0.1, 0.15) is 0 Å². The molecule has 0 aromatic carbocycles. The van der Waals surface area contributed by atoms with Crippen molar-refractivity contribution in [2.24, 2.45) is 0 Å². The van der Waals surface area contributed by atoms with Crippen LogP contribution >= 0.6 is 7.60 Å². The van der Waals surface area contributed by atoms with E-state index in [0.717, 1.165) is 0 Å². The summed E-state index contributed by atoms with van der Waals surface area (Å²) in [7, 11) is -4.06. The first kappa shape index (κ1) is 21.4. The van der Waals surface area contributed by atoms with Crippen LogP contribution in [0.2, 0.25) is 0 Å². The number of esters is 1. The highest BCUT2D eigenvalue weighted by molar-refractivity contribution is 7.53. The van der Waals surface area contributed by atoms with Gasteiger partial charge in [-0.25, -0.2) is 0 Å². The van der Waals surface area contributed by atoms with E-state index >= 15 is 0 Å². The molecule has 0 rings (SSSR count). The summed E-state index contributed by atoms with van der Waals surface area (Å²) in [5, 5.41) is 0. The molecule has 5 nitrogen and oxygen atoms in total. The minimum absolute atomic E-state index is 0.146. The maximum Gasteiger partial charge on any atom is 0.426 e. The average molecular weight is 348 g/mol. The van der Waals surface area contributed by atoms with Gasteiger partial charge in [0.2, 0.25) is 6.10 Å². The van der Waals surface area contributed by atoms with Gasteiger partial charge >= 0.3 is 19.7 Å². The summed E-state index contributed by atoms with van der Waals surface area (Å²) in [6.45, 7) is 7.76. The van der Waals surface area contributed by atoms with Gasteiger partial charge in [-0.1, -0.05) is 6.92 Å². The molecular formula is C13H24F3O5P. The lowest BCUT2D eigenvalue weighted by molar-refractivity contribution is -0.216. The standard InChI is InChI=1S/C13H24F3O5P/c1-6-7-12(17)19-11(13(14,15)16)8-22(18,20-9(2)3)21-10(4)5/h9-11H,6-8H2,1-5H3/t11-/m1/s1. The lowest BCUT2D eigenvalue weighted by atomic mass is 10.3. The highest BCUT2D eigenvalue weighted by Gasteiger charge is 2.48. The van der Waals surface area contributed by atoms with Crippen LogP contribution < -0.4 is 0 Å². The normalized spacial score (nSPS) is 14.5. The van der Waals surface area contributed by atoms with E-state index in [4.69, 9.17) is 9.05 Å². The Labute approximate surface area is 129 Å². The van der Waals surface area contributed by atoms with E-state index in [-0.39, 0.29) is 6.42 Å². The molecule has 0 aliphatic heterocycles. The minimum atomic E-state index is -4.85. The van der Waals surface area contributed by atoms with E-state index in [2.05, 4.69) is 4.74 Å². The zero-order valence-corrected chi connectivity index (χ0v) is 14.4. The Morgan fingerprint density at radius 2 is 1.55 bits per heavy atom. The van der Waals surface area contributed by atoms with Crippen molar-refractivity contribution in [3.63, 3.8) is 0 Å². The van der Waals surface area contributed by atoms with Crippen molar-refractivity contribution in [2.75, 3.05) is 6.16 Å². The molecule has 0 N–H and O–H groups in total. The van der Waals surface area contributed by atoms with Crippen LogP contribution in [0.15, 0.2) is 0 Å². The number of halogens is 3. The Bertz CT molecular complexity index is 382. The molecule has 0 amide bonds. The molecule has 0 aromatic rings. The number of carbonyl (C=O) groups is 1. The van der Waals surface area contributed by atoms with Gasteiger partial charge in [-0.15, -0.1) is 0 Å². The average Bonchev–Trinajstić information content (AvgIpc) is 2.24. The maximum absolute atomic E-state index is 13.0. The predicted octanol–water partition coefficient (Wildman–Crippen LogP) is 4.30. The van der Waals surface area contributed by atoms with Crippen molar-refractivity contribution in [3.8, 4) is 0 Å². The first-order valence-corrected chi connectivity index (χ1v) is 8.84. The van der Waals surface area contributed by atoms with E-state index < -0.39 is 44.2 Å². The fourth-order valence-corrected chi connectivity index (χ4v) is 3.78. The second kappa shape index (κ2) is 8.89. The van der Waals surface area contributed by atoms with Crippen molar-refractivity contribution in [2.45, 2.75) is 71.9 Å². The van der Waals surface area contributed by atoms with Gasteiger partial charge < -0.3 is 13.8 Å². The Balaban J connectivity index is 5.19. The lowest BCUT2D eigenvalue weighted by Crippen LogP contribution is -2.37. The highest BCUT2D eigenvalue weighted by Crippen LogP contribution is 2.52. The molecule has 1 atom stereocenters. The van der Waals surface area contributed by atoms with E-state index in [1.165, 1.54) is 27.7 Å². The molecule has 0 bridgehead atoms. The fourth-order valence-electron chi connectivity index (χ4n) is 1.59. The molecule has 9 heteroatoms. The van der Waals surface area contributed by atoms with Gasteiger partial charge in [0.05, 0.1) is 18.4 Å². The molecule has 0 saturated carbocycles. The van der Waals surface area contributed by atoms with E-state index in [0.29, 0.717) is 6.42 Å². The predicted molar refractivity (Wildman–Crippen MR) is 75.8 cm³/mol. The molecular weight excluding hydrogens is 324 g/mol. The molecule has 0 aliphatic rings. The lowest BCUT2D eigenvalue weighted by Gasteiger charge is -2.27. The Morgan fingerprint density at radius 1 is 1.09 bits per heavy atom. The topological polar surface area (TPSA) is 61.8 Å². The summed E-state index contributed by atoms with van der Waals surface area (Å²) in [5.74, 6) is -0.995. The summed E-state index contributed by atoms with van der Waals surface area (Å²) in [4.78, 5) is 11.3. The van der Waals surface area contributed by atoms with Crippen molar-refractivity contribution < 1.29 is 36.3 Å². The molecule has 0 heterocycles. The van der Waals surface area contributed by atoms with Crippen LogP contribution in [0.5, 0.6) is 0 Å². The zero-order valence-electron chi connectivity index (χ0n) is 13.5. The van der Waals surface area contributed by atoms with Gasteiger partial charge in [0.25, 0.3) is 0 Å². The number of ether oxygens (including phenoxy) is 1. The van der Waals surface area contributed by atoms with E-state index in [1.54, 1.807) is 6.92 Å². The smallest absolute Gasteiger partial charge is 0.426 e. The molecule has 0 aromatic heterocycles. The first-order valence-electron chi connectivity index (χ1n) is 7.11. The van der Waals surface area contributed by atoms with E-state index in [9.17, 15) is 22.5 Å². The number of alkyl halides is 3. The Hall–Kier alpha value is -0.590. The number of carbonyl (C=O) groups excluding carboxylic acids is 1. The van der Waals surface area contributed by atoms with Crippen LogP contribution in [0.25, 0.3) is 0 Å². The van der Waals surface area contributed by atoms with Crippen molar-refractivity contribution in [1.82, 2.24) is 0 Å². The molecule has 0 fully saturated rings. The third kappa shape index (κ3) is 8.76. The highest BCUT2D eigenvalue weighted by atomic mass is 31.2. The minimum Gasteiger partial charge on any atom is -0.452 e. The summed E-state index contributed by atoms with van der Waals surface area (Å²) in [6, 6.07) is 0. The van der Waals surface area contributed by atoms with Crippen molar-refractivity contribution in [1.29, 1.82) is 0 Å². The summed E-state index contributed by atoms with van der Waals surface area (Å²) >= 11 is 0. The Kier molecular flexibility index (Phi) is 8.65. The van der Waals surface area contributed by atoms with Gasteiger partial charge in [-0.05, 0) is 34.1 Å². The molecule has 0 unspecified atom stereocenters.